The number of hydrogen-bond acceptors (Lipinski definition) is 4. The Bertz CT molecular complexity index is 498. The van der Waals surface area contributed by atoms with Crippen molar-refractivity contribution in [3.05, 3.63) is 28.8 Å². The molecule has 102 valence electrons. The van der Waals surface area contributed by atoms with E-state index in [2.05, 4.69) is 0 Å². The molecule has 0 aliphatic carbocycles. The predicted molar refractivity (Wildman–Crippen MR) is 69.1 cm³/mol. The summed E-state index contributed by atoms with van der Waals surface area (Å²) in [5.74, 6) is 0. The highest BCUT2D eigenvalue weighted by Crippen LogP contribution is 2.22. The minimum atomic E-state index is -3.72. The maximum absolute atomic E-state index is 12.3. The first kappa shape index (κ1) is 15.4. The fourth-order valence-corrected chi connectivity index (χ4v) is 3.47. The largest absolute Gasteiger partial charge is 0.395 e. The molecule has 0 amide bonds. The van der Waals surface area contributed by atoms with Crippen LogP contribution in [0.3, 0.4) is 0 Å². The van der Waals surface area contributed by atoms with Crippen LogP contribution in [0.1, 0.15) is 5.56 Å². The molecule has 0 atom stereocenters. The van der Waals surface area contributed by atoms with Crippen LogP contribution in [0.2, 0.25) is 5.02 Å². The Balaban J connectivity index is 3.17. The zero-order chi connectivity index (χ0) is 13.8. The Hall–Kier alpha value is -0.660. The van der Waals surface area contributed by atoms with Crippen molar-refractivity contribution in [1.29, 1.82) is 0 Å². The number of aliphatic hydroxyl groups is 2. The normalized spacial score (nSPS) is 12.1. The Morgan fingerprint density at radius 2 is 1.78 bits per heavy atom. The van der Waals surface area contributed by atoms with Gasteiger partial charge in [-0.2, -0.15) is 4.31 Å². The number of hydrogen-bond donors (Lipinski definition) is 2. The lowest BCUT2D eigenvalue weighted by atomic mass is 10.2. The Morgan fingerprint density at radius 3 is 2.22 bits per heavy atom. The summed E-state index contributed by atoms with van der Waals surface area (Å²) in [6.45, 7) is 0.947. The first-order valence-corrected chi connectivity index (χ1v) is 7.23. The molecule has 1 aromatic carbocycles. The van der Waals surface area contributed by atoms with Crippen molar-refractivity contribution >= 4 is 21.6 Å². The molecule has 0 radical (unpaired) electrons. The van der Waals surface area contributed by atoms with E-state index < -0.39 is 10.0 Å². The van der Waals surface area contributed by atoms with Crippen LogP contribution >= 0.6 is 11.6 Å². The summed E-state index contributed by atoms with van der Waals surface area (Å²) >= 11 is 5.78. The van der Waals surface area contributed by atoms with E-state index in [0.29, 0.717) is 10.6 Å². The minimum absolute atomic E-state index is 0.0506. The molecular formula is C11H16ClNO4S. The van der Waals surface area contributed by atoms with Crippen molar-refractivity contribution in [2.45, 2.75) is 11.8 Å². The third-order valence-corrected chi connectivity index (χ3v) is 4.75. The first-order valence-electron chi connectivity index (χ1n) is 5.41. The van der Waals surface area contributed by atoms with E-state index in [-0.39, 0.29) is 31.2 Å². The van der Waals surface area contributed by atoms with Gasteiger partial charge in [-0.05, 0) is 30.7 Å². The maximum atomic E-state index is 12.3. The van der Waals surface area contributed by atoms with Gasteiger partial charge in [-0.1, -0.05) is 11.6 Å². The molecule has 5 nitrogen and oxygen atoms in total. The highest BCUT2D eigenvalue weighted by Gasteiger charge is 2.25. The van der Waals surface area contributed by atoms with Crippen LogP contribution in [-0.2, 0) is 10.0 Å². The lowest BCUT2D eigenvalue weighted by Gasteiger charge is -2.21. The van der Waals surface area contributed by atoms with Gasteiger partial charge in [0.25, 0.3) is 0 Å². The molecule has 0 bridgehead atoms. The molecule has 0 aromatic heterocycles. The van der Waals surface area contributed by atoms with E-state index >= 15 is 0 Å². The van der Waals surface area contributed by atoms with Crippen LogP contribution in [0.15, 0.2) is 23.1 Å². The number of rotatable bonds is 6. The molecule has 0 spiro atoms. The van der Waals surface area contributed by atoms with Crippen LogP contribution in [0.25, 0.3) is 0 Å². The van der Waals surface area contributed by atoms with Gasteiger partial charge >= 0.3 is 0 Å². The summed E-state index contributed by atoms with van der Waals surface area (Å²) in [6.07, 6.45) is 0. The van der Waals surface area contributed by atoms with Crippen molar-refractivity contribution in [3.63, 3.8) is 0 Å². The van der Waals surface area contributed by atoms with E-state index in [9.17, 15) is 8.42 Å². The van der Waals surface area contributed by atoms with Crippen LogP contribution < -0.4 is 0 Å². The zero-order valence-corrected chi connectivity index (χ0v) is 11.6. The second-order valence-corrected chi connectivity index (χ2v) is 6.10. The Morgan fingerprint density at radius 1 is 1.22 bits per heavy atom. The smallest absolute Gasteiger partial charge is 0.243 e. The van der Waals surface area contributed by atoms with Gasteiger partial charge in [-0.15, -0.1) is 0 Å². The van der Waals surface area contributed by atoms with Gasteiger partial charge in [0.1, 0.15) is 0 Å². The number of aryl methyl sites for hydroxylation is 1. The number of nitrogens with zero attached hydrogens (tertiary/aromatic N) is 1. The van der Waals surface area contributed by atoms with E-state index in [1.807, 2.05) is 0 Å². The van der Waals surface area contributed by atoms with Gasteiger partial charge in [-0.3, -0.25) is 0 Å². The number of halogens is 1. The molecule has 18 heavy (non-hydrogen) atoms. The molecular weight excluding hydrogens is 278 g/mol. The lowest BCUT2D eigenvalue weighted by Crippen LogP contribution is -2.36. The standard InChI is InChI=1S/C11H16ClNO4S/c1-9-8-10(12)2-3-11(9)18(16,17)13(4-6-14)5-7-15/h2-3,8,14-15H,4-7H2,1H3. The van der Waals surface area contributed by atoms with Crippen molar-refractivity contribution in [1.82, 2.24) is 4.31 Å². The first-order chi connectivity index (χ1) is 8.43. The number of benzene rings is 1. The number of sulfonamides is 1. The molecule has 0 saturated carbocycles. The third-order valence-electron chi connectivity index (χ3n) is 2.45. The SMILES string of the molecule is Cc1cc(Cl)ccc1S(=O)(=O)N(CCO)CCO. The average Bonchev–Trinajstić information content (AvgIpc) is 2.28. The molecule has 0 fully saturated rings. The fourth-order valence-electron chi connectivity index (χ4n) is 1.62. The summed E-state index contributed by atoms with van der Waals surface area (Å²) in [7, 11) is -3.72. The number of aliphatic hydroxyl groups excluding tert-OH is 2. The van der Waals surface area contributed by atoms with E-state index in [4.69, 9.17) is 21.8 Å². The lowest BCUT2D eigenvalue weighted by molar-refractivity contribution is 0.217. The van der Waals surface area contributed by atoms with Crippen LogP contribution in [0, 0.1) is 6.92 Å². The second-order valence-electron chi connectivity index (χ2n) is 3.76. The quantitative estimate of drug-likeness (QED) is 0.806. The highest BCUT2D eigenvalue weighted by molar-refractivity contribution is 7.89. The molecule has 2 N–H and O–H groups in total. The van der Waals surface area contributed by atoms with E-state index in [0.717, 1.165) is 4.31 Å². The highest BCUT2D eigenvalue weighted by atomic mass is 35.5. The van der Waals surface area contributed by atoms with Crippen LogP contribution in [-0.4, -0.2) is 49.2 Å². The zero-order valence-electron chi connectivity index (χ0n) is 10.0. The molecule has 0 heterocycles. The van der Waals surface area contributed by atoms with Gasteiger partial charge in [0.2, 0.25) is 10.0 Å². The summed E-state index contributed by atoms with van der Waals surface area (Å²) in [4.78, 5) is 0.133. The Kier molecular flexibility index (Phi) is 5.55. The van der Waals surface area contributed by atoms with Gasteiger partial charge in [0, 0.05) is 18.1 Å². The predicted octanol–water partition coefficient (Wildman–Crippen LogP) is 0.624. The van der Waals surface area contributed by atoms with Gasteiger partial charge in [-0.25, -0.2) is 8.42 Å². The monoisotopic (exact) mass is 293 g/mol. The molecule has 1 aromatic rings. The molecule has 1 rings (SSSR count). The molecule has 0 aliphatic heterocycles. The Labute approximate surface area is 112 Å². The van der Waals surface area contributed by atoms with Gasteiger partial charge in [0.15, 0.2) is 0 Å². The van der Waals surface area contributed by atoms with E-state index in [1.54, 1.807) is 13.0 Å². The van der Waals surface area contributed by atoms with Crippen molar-refractivity contribution < 1.29 is 18.6 Å². The minimum Gasteiger partial charge on any atom is -0.395 e. The van der Waals surface area contributed by atoms with Gasteiger partial charge in [0.05, 0.1) is 18.1 Å². The molecule has 0 saturated heterocycles. The maximum Gasteiger partial charge on any atom is 0.243 e. The molecule has 0 aliphatic rings. The summed E-state index contributed by atoms with van der Waals surface area (Å²) in [5.41, 5.74) is 0.531. The second kappa shape index (κ2) is 6.49. The summed E-state index contributed by atoms with van der Waals surface area (Å²) in [5, 5.41) is 18.2. The average molecular weight is 294 g/mol. The molecule has 0 unspecified atom stereocenters. The molecule has 7 heteroatoms. The van der Waals surface area contributed by atoms with E-state index in [1.165, 1.54) is 12.1 Å². The summed E-state index contributed by atoms with van der Waals surface area (Å²) < 4.78 is 25.7. The topological polar surface area (TPSA) is 77.8 Å². The van der Waals surface area contributed by atoms with Crippen LogP contribution in [0.5, 0.6) is 0 Å². The van der Waals surface area contributed by atoms with Crippen molar-refractivity contribution in [3.8, 4) is 0 Å². The summed E-state index contributed by atoms with van der Waals surface area (Å²) in [6, 6.07) is 4.48. The van der Waals surface area contributed by atoms with Crippen molar-refractivity contribution in [2.24, 2.45) is 0 Å². The third kappa shape index (κ3) is 3.43. The van der Waals surface area contributed by atoms with Crippen molar-refractivity contribution in [2.75, 3.05) is 26.3 Å². The van der Waals surface area contributed by atoms with Crippen LogP contribution in [0.4, 0.5) is 0 Å². The fraction of sp³-hybridized carbons (Fsp3) is 0.455. The van der Waals surface area contributed by atoms with Gasteiger partial charge < -0.3 is 10.2 Å².